The van der Waals surface area contributed by atoms with Gasteiger partial charge in [-0.25, -0.2) is 0 Å². The Morgan fingerprint density at radius 3 is 2.47 bits per heavy atom. The molecule has 0 spiro atoms. The minimum atomic E-state index is -0.907. The van der Waals surface area contributed by atoms with E-state index >= 15 is 0 Å². The first-order chi connectivity index (χ1) is 8.08. The maximum atomic E-state index is 11.3. The third-order valence-electron chi connectivity index (χ3n) is 1.86. The van der Waals surface area contributed by atoms with Crippen LogP contribution < -0.4 is 5.32 Å². The fraction of sp³-hybridized carbons (Fsp3) is 0.273. The van der Waals surface area contributed by atoms with Gasteiger partial charge in [-0.2, -0.15) is 0 Å². The van der Waals surface area contributed by atoms with E-state index in [-0.39, 0.29) is 17.4 Å². The van der Waals surface area contributed by atoms with Gasteiger partial charge in [0.1, 0.15) is 0 Å². The van der Waals surface area contributed by atoms with Crippen LogP contribution in [0.2, 0.25) is 0 Å². The summed E-state index contributed by atoms with van der Waals surface area (Å²) in [6.07, 6.45) is 0. The third kappa shape index (κ3) is 6.33. The second kappa shape index (κ2) is 7.34. The Labute approximate surface area is 112 Å². The maximum Gasteiger partial charge on any atom is 0.313 e. The highest BCUT2D eigenvalue weighted by Gasteiger charge is 2.03. The number of rotatable bonds is 6. The molecule has 0 radical (unpaired) electrons. The molecule has 0 heterocycles. The number of carbonyl (C=O) groups is 2. The number of halogens is 1. The Kier molecular flexibility index (Phi) is 6.07. The number of carboxylic acid groups (broad SMARTS) is 1. The largest absolute Gasteiger partial charge is 0.481 e. The molecule has 0 saturated carbocycles. The minimum Gasteiger partial charge on any atom is -0.481 e. The van der Waals surface area contributed by atoms with Crippen LogP contribution >= 0.6 is 27.7 Å². The number of hydrogen-bond donors (Lipinski definition) is 2. The molecule has 1 rings (SSSR count). The van der Waals surface area contributed by atoms with E-state index < -0.39 is 5.97 Å². The third-order valence-corrected chi connectivity index (χ3v) is 3.31. The lowest BCUT2D eigenvalue weighted by atomic mass is 10.2. The van der Waals surface area contributed by atoms with Gasteiger partial charge in [0, 0.05) is 11.0 Å². The lowest BCUT2D eigenvalue weighted by molar-refractivity contribution is -0.133. The molecular weight excluding hydrogens is 306 g/mol. The summed E-state index contributed by atoms with van der Waals surface area (Å²) < 4.78 is 0.990. The molecule has 0 aliphatic heterocycles. The van der Waals surface area contributed by atoms with Crippen molar-refractivity contribution in [3.8, 4) is 0 Å². The Bertz CT molecular complexity index is 394. The second-order valence-electron chi connectivity index (χ2n) is 3.29. The Hall–Kier alpha value is -1.01. The Balaban J connectivity index is 2.23. The average molecular weight is 318 g/mol. The van der Waals surface area contributed by atoms with Crippen LogP contribution in [-0.2, 0) is 16.1 Å². The summed E-state index contributed by atoms with van der Waals surface area (Å²) in [6.45, 7) is 0.458. The molecular formula is C11H12BrNO3S. The summed E-state index contributed by atoms with van der Waals surface area (Å²) in [5, 5.41) is 11.1. The summed E-state index contributed by atoms with van der Waals surface area (Å²) in [6, 6.07) is 7.63. The number of nitrogens with one attached hydrogen (secondary N) is 1. The Morgan fingerprint density at radius 1 is 1.24 bits per heavy atom. The molecule has 17 heavy (non-hydrogen) atoms. The molecule has 0 aromatic heterocycles. The van der Waals surface area contributed by atoms with Gasteiger partial charge in [0.05, 0.1) is 11.5 Å². The number of benzene rings is 1. The van der Waals surface area contributed by atoms with Crippen molar-refractivity contribution in [2.24, 2.45) is 0 Å². The summed E-state index contributed by atoms with van der Waals surface area (Å²) >= 11 is 4.41. The summed E-state index contributed by atoms with van der Waals surface area (Å²) in [5.41, 5.74) is 1.00. The molecule has 0 atom stereocenters. The second-order valence-corrected chi connectivity index (χ2v) is 5.19. The molecule has 6 heteroatoms. The van der Waals surface area contributed by atoms with Crippen LogP contribution in [0.5, 0.6) is 0 Å². The number of carboxylic acids is 1. The fourth-order valence-corrected chi connectivity index (χ4v) is 1.91. The molecule has 1 aromatic carbocycles. The monoisotopic (exact) mass is 317 g/mol. The number of carbonyl (C=O) groups excluding carboxylic acids is 1. The molecule has 0 aliphatic carbocycles. The van der Waals surface area contributed by atoms with Crippen LogP contribution in [-0.4, -0.2) is 28.5 Å². The van der Waals surface area contributed by atoms with Gasteiger partial charge < -0.3 is 10.4 Å². The van der Waals surface area contributed by atoms with Crippen molar-refractivity contribution in [1.82, 2.24) is 5.32 Å². The van der Waals surface area contributed by atoms with Crippen LogP contribution in [0.25, 0.3) is 0 Å². The zero-order valence-electron chi connectivity index (χ0n) is 8.98. The molecule has 1 amide bonds. The lowest BCUT2D eigenvalue weighted by Crippen LogP contribution is -2.25. The van der Waals surface area contributed by atoms with E-state index in [4.69, 9.17) is 5.11 Å². The van der Waals surface area contributed by atoms with E-state index in [1.54, 1.807) is 0 Å². The van der Waals surface area contributed by atoms with Gasteiger partial charge in [-0.05, 0) is 17.7 Å². The van der Waals surface area contributed by atoms with Gasteiger partial charge in [0.25, 0.3) is 0 Å². The normalized spacial score (nSPS) is 9.94. The predicted octanol–water partition coefficient (Wildman–Crippen LogP) is 1.88. The molecule has 0 fully saturated rings. The van der Waals surface area contributed by atoms with E-state index in [9.17, 15) is 9.59 Å². The highest BCUT2D eigenvalue weighted by Crippen LogP contribution is 2.10. The summed E-state index contributed by atoms with van der Waals surface area (Å²) in [5.74, 6) is -0.941. The van der Waals surface area contributed by atoms with E-state index in [1.807, 2.05) is 24.3 Å². The molecule has 4 nitrogen and oxygen atoms in total. The SMILES string of the molecule is O=C(O)CSCC(=O)NCc1ccc(Br)cc1. The topological polar surface area (TPSA) is 66.4 Å². The molecule has 0 bridgehead atoms. The lowest BCUT2D eigenvalue weighted by Gasteiger charge is -2.04. The van der Waals surface area contributed by atoms with Gasteiger partial charge in [-0.3, -0.25) is 9.59 Å². The highest BCUT2D eigenvalue weighted by atomic mass is 79.9. The number of aliphatic carboxylic acids is 1. The fourth-order valence-electron chi connectivity index (χ4n) is 1.08. The smallest absolute Gasteiger partial charge is 0.313 e. The highest BCUT2D eigenvalue weighted by molar-refractivity contribution is 9.10. The summed E-state index contributed by atoms with van der Waals surface area (Å²) in [7, 11) is 0. The van der Waals surface area contributed by atoms with Crippen LogP contribution in [0.1, 0.15) is 5.56 Å². The first-order valence-electron chi connectivity index (χ1n) is 4.88. The van der Waals surface area contributed by atoms with Gasteiger partial charge in [0.2, 0.25) is 5.91 Å². The van der Waals surface area contributed by atoms with E-state index in [2.05, 4.69) is 21.2 Å². The van der Waals surface area contributed by atoms with Crippen LogP contribution in [0.3, 0.4) is 0 Å². The molecule has 1 aromatic rings. The van der Waals surface area contributed by atoms with Crippen molar-refractivity contribution in [2.45, 2.75) is 6.54 Å². The van der Waals surface area contributed by atoms with Crippen molar-refractivity contribution in [3.63, 3.8) is 0 Å². The maximum absolute atomic E-state index is 11.3. The van der Waals surface area contributed by atoms with Crippen LogP contribution in [0, 0.1) is 0 Å². The quantitative estimate of drug-likeness (QED) is 0.840. The molecule has 0 unspecified atom stereocenters. The van der Waals surface area contributed by atoms with Gasteiger partial charge in [-0.1, -0.05) is 28.1 Å². The van der Waals surface area contributed by atoms with Crippen molar-refractivity contribution in [3.05, 3.63) is 34.3 Å². The van der Waals surface area contributed by atoms with Gasteiger partial charge in [-0.15, -0.1) is 11.8 Å². The number of amides is 1. The molecule has 92 valence electrons. The van der Waals surface area contributed by atoms with Crippen molar-refractivity contribution in [2.75, 3.05) is 11.5 Å². The minimum absolute atomic E-state index is 0.0499. The molecule has 0 saturated heterocycles. The van der Waals surface area contributed by atoms with E-state index in [0.717, 1.165) is 21.8 Å². The van der Waals surface area contributed by atoms with Crippen molar-refractivity contribution < 1.29 is 14.7 Å². The van der Waals surface area contributed by atoms with E-state index in [1.165, 1.54) is 0 Å². The van der Waals surface area contributed by atoms with E-state index in [0.29, 0.717) is 6.54 Å². The number of hydrogen-bond acceptors (Lipinski definition) is 3. The van der Waals surface area contributed by atoms with Gasteiger partial charge in [0.15, 0.2) is 0 Å². The van der Waals surface area contributed by atoms with Crippen molar-refractivity contribution in [1.29, 1.82) is 0 Å². The predicted molar refractivity (Wildman–Crippen MR) is 70.9 cm³/mol. The summed E-state index contributed by atoms with van der Waals surface area (Å²) in [4.78, 5) is 21.6. The standard InChI is InChI=1S/C11H12BrNO3S/c12-9-3-1-8(2-4-9)5-13-10(14)6-17-7-11(15)16/h1-4H,5-7H2,(H,13,14)(H,15,16). The van der Waals surface area contributed by atoms with Crippen LogP contribution in [0.15, 0.2) is 28.7 Å². The average Bonchev–Trinajstić information content (AvgIpc) is 2.28. The Morgan fingerprint density at radius 2 is 1.88 bits per heavy atom. The first-order valence-corrected chi connectivity index (χ1v) is 6.83. The number of thioether (sulfide) groups is 1. The molecule has 0 aliphatic rings. The zero-order chi connectivity index (χ0) is 12.7. The van der Waals surface area contributed by atoms with Crippen LogP contribution in [0.4, 0.5) is 0 Å². The van der Waals surface area contributed by atoms with Crippen molar-refractivity contribution >= 4 is 39.6 Å². The zero-order valence-corrected chi connectivity index (χ0v) is 11.4. The molecule has 2 N–H and O–H groups in total. The first kappa shape index (κ1) is 14.1. The van der Waals surface area contributed by atoms with Gasteiger partial charge >= 0.3 is 5.97 Å².